The van der Waals surface area contributed by atoms with Gasteiger partial charge in [-0.2, -0.15) is 0 Å². The van der Waals surface area contributed by atoms with E-state index in [1.165, 1.54) is 0 Å². The maximum atomic E-state index is 11.1. The van der Waals surface area contributed by atoms with E-state index in [0.29, 0.717) is 24.5 Å². The van der Waals surface area contributed by atoms with E-state index < -0.39 is 5.97 Å². The Bertz CT molecular complexity index is 532. The average Bonchev–Trinajstić information content (AvgIpc) is 2.90. The van der Waals surface area contributed by atoms with Gasteiger partial charge in [-0.3, -0.25) is 4.79 Å². The summed E-state index contributed by atoms with van der Waals surface area (Å²) in [6.45, 7) is 2.41. The predicted molar refractivity (Wildman–Crippen MR) is 78.5 cm³/mol. The SMILES string of the molecule is COc1c(C2CC(C(=O)O)CN2)cc(Br)c(C)c1OC. The van der Waals surface area contributed by atoms with Crippen LogP contribution in [0.5, 0.6) is 11.5 Å². The fourth-order valence-electron chi connectivity index (χ4n) is 2.60. The van der Waals surface area contributed by atoms with Gasteiger partial charge in [-0.25, -0.2) is 0 Å². The lowest BCUT2D eigenvalue weighted by molar-refractivity contribution is -0.141. The van der Waals surface area contributed by atoms with Crippen LogP contribution in [0.25, 0.3) is 0 Å². The van der Waals surface area contributed by atoms with E-state index in [-0.39, 0.29) is 12.0 Å². The Hall–Kier alpha value is -1.27. The summed E-state index contributed by atoms with van der Waals surface area (Å²) in [7, 11) is 3.20. The number of hydrogen-bond donors (Lipinski definition) is 2. The molecule has 0 saturated carbocycles. The number of benzene rings is 1. The minimum atomic E-state index is -0.767. The van der Waals surface area contributed by atoms with Crippen molar-refractivity contribution >= 4 is 21.9 Å². The number of halogens is 1. The molecule has 0 aromatic heterocycles. The first kappa shape index (κ1) is 15.1. The summed E-state index contributed by atoms with van der Waals surface area (Å²) in [6.07, 6.45) is 0.546. The summed E-state index contributed by atoms with van der Waals surface area (Å²) in [5.41, 5.74) is 1.88. The van der Waals surface area contributed by atoms with Crippen molar-refractivity contribution in [3.63, 3.8) is 0 Å². The second-order valence-electron chi connectivity index (χ2n) is 4.87. The number of carbonyl (C=O) groups is 1. The molecular formula is C14H18BrNO4. The number of rotatable bonds is 4. The maximum absolute atomic E-state index is 11.1. The van der Waals surface area contributed by atoms with Crippen LogP contribution in [0.3, 0.4) is 0 Å². The molecule has 6 heteroatoms. The summed E-state index contributed by atoms with van der Waals surface area (Å²) >= 11 is 3.51. The molecule has 2 N–H and O–H groups in total. The van der Waals surface area contributed by atoms with Crippen LogP contribution in [0, 0.1) is 12.8 Å². The first-order valence-corrected chi connectivity index (χ1v) is 7.16. The number of hydrogen-bond acceptors (Lipinski definition) is 4. The quantitative estimate of drug-likeness (QED) is 0.879. The first-order chi connectivity index (χ1) is 9.49. The Labute approximate surface area is 126 Å². The van der Waals surface area contributed by atoms with Crippen molar-refractivity contribution in [3.8, 4) is 11.5 Å². The molecule has 0 spiro atoms. The van der Waals surface area contributed by atoms with E-state index >= 15 is 0 Å². The zero-order valence-corrected chi connectivity index (χ0v) is 13.3. The van der Waals surface area contributed by atoms with Gasteiger partial charge in [0.1, 0.15) is 0 Å². The van der Waals surface area contributed by atoms with Crippen molar-refractivity contribution in [3.05, 3.63) is 21.7 Å². The molecule has 5 nitrogen and oxygen atoms in total. The van der Waals surface area contributed by atoms with Gasteiger partial charge < -0.3 is 19.9 Å². The van der Waals surface area contributed by atoms with E-state index in [2.05, 4.69) is 21.2 Å². The molecule has 0 bridgehead atoms. The third-order valence-corrected chi connectivity index (χ3v) is 4.54. The van der Waals surface area contributed by atoms with Crippen molar-refractivity contribution < 1.29 is 19.4 Å². The van der Waals surface area contributed by atoms with Gasteiger partial charge in [0.15, 0.2) is 11.5 Å². The zero-order valence-electron chi connectivity index (χ0n) is 11.7. The maximum Gasteiger partial charge on any atom is 0.307 e. The Morgan fingerprint density at radius 3 is 2.55 bits per heavy atom. The average molecular weight is 344 g/mol. The van der Waals surface area contributed by atoms with Crippen molar-refractivity contribution in [2.24, 2.45) is 5.92 Å². The summed E-state index contributed by atoms with van der Waals surface area (Å²) in [6, 6.07) is 1.93. The third-order valence-electron chi connectivity index (χ3n) is 3.71. The number of aliphatic carboxylic acids is 1. The van der Waals surface area contributed by atoms with Crippen molar-refractivity contribution in [1.82, 2.24) is 5.32 Å². The van der Waals surface area contributed by atoms with Gasteiger partial charge in [0.25, 0.3) is 0 Å². The second kappa shape index (κ2) is 6.01. The highest BCUT2D eigenvalue weighted by molar-refractivity contribution is 9.10. The molecule has 1 aromatic rings. The molecule has 1 fully saturated rings. The van der Waals surface area contributed by atoms with Crippen LogP contribution in [-0.2, 0) is 4.79 Å². The minimum absolute atomic E-state index is 0.0446. The molecule has 1 heterocycles. The molecule has 0 radical (unpaired) electrons. The lowest BCUT2D eigenvalue weighted by atomic mass is 9.97. The molecule has 2 rings (SSSR count). The Morgan fingerprint density at radius 2 is 2.05 bits per heavy atom. The van der Waals surface area contributed by atoms with Crippen LogP contribution in [0.1, 0.15) is 23.6 Å². The van der Waals surface area contributed by atoms with Crippen molar-refractivity contribution in [2.75, 3.05) is 20.8 Å². The number of ether oxygens (including phenoxy) is 2. The van der Waals surface area contributed by atoms with E-state index in [4.69, 9.17) is 14.6 Å². The highest BCUT2D eigenvalue weighted by Crippen LogP contribution is 2.43. The fourth-order valence-corrected chi connectivity index (χ4v) is 3.02. The van der Waals surface area contributed by atoms with Crippen LogP contribution >= 0.6 is 15.9 Å². The van der Waals surface area contributed by atoms with Gasteiger partial charge in [0.2, 0.25) is 0 Å². The molecular weight excluding hydrogens is 326 g/mol. The summed E-state index contributed by atoms with van der Waals surface area (Å²) in [5.74, 6) is 0.210. The number of nitrogens with one attached hydrogen (secondary N) is 1. The van der Waals surface area contributed by atoms with E-state index in [1.54, 1.807) is 14.2 Å². The van der Waals surface area contributed by atoms with Gasteiger partial charge in [-0.05, 0) is 19.4 Å². The first-order valence-electron chi connectivity index (χ1n) is 6.36. The number of carboxylic acids is 1. The summed E-state index contributed by atoms with van der Waals surface area (Å²) < 4.78 is 11.8. The molecule has 1 aliphatic rings. The molecule has 20 heavy (non-hydrogen) atoms. The normalized spacial score (nSPS) is 21.8. The molecule has 0 aliphatic carbocycles. The zero-order chi connectivity index (χ0) is 14.9. The molecule has 110 valence electrons. The largest absolute Gasteiger partial charge is 0.493 e. The van der Waals surface area contributed by atoms with E-state index in [9.17, 15) is 4.79 Å². The van der Waals surface area contributed by atoms with E-state index in [1.807, 2.05) is 13.0 Å². The molecule has 1 saturated heterocycles. The van der Waals surface area contributed by atoms with Crippen LogP contribution in [0.2, 0.25) is 0 Å². The van der Waals surface area contributed by atoms with Gasteiger partial charge in [0.05, 0.1) is 20.1 Å². The molecule has 1 aliphatic heterocycles. The second-order valence-corrected chi connectivity index (χ2v) is 5.73. The predicted octanol–water partition coefficient (Wildman–Crippen LogP) is 2.51. The topological polar surface area (TPSA) is 67.8 Å². The van der Waals surface area contributed by atoms with Crippen LogP contribution < -0.4 is 14.8 Å². The molecule has 1 aromatic carbocycles. The smallest absolute Gasteiger partial charge is 0.307 e. The van der Waals surface area contributed by atoms with Crippen molar-refractivity contribution in [2.45, 2.75) is 19.4 Å². The Morgan fingerprint density at radius 1 is 1.40 bits per heavy atom. The van der Waals surface area contributed by atoms with Gasteiger partial charge in [-0.1, -0.05) is 15.9 Å². The lowest BCUT2D eigenvalue weighted by Gasteiger charge is -2.20. The lowest BCUT2D eigenvalue weighted by Crippen LogP contribution is -2.17. The van der Waals surface area contributed by atoms with E-state index in [0.717, 1.165) is 15.6 Å². The van der Waals surface area contributed by atoms with Gasteiger partial charge in [-0.15, -0.1) is 0 Å². The molecule has 2 atom stereocenters. The van der Waals surface area contributed by atoms with Gasteiger partial charge >= 0.3 is 5.97 Å². The third kappa shape index (κ3) is 2.62. The fraction of sp³-hybridized carbons (Fsp3) is 0.500. The minimum Gasteiger partial charge on any atom is -0.493 e. The summed E-state index contributed by atoms with van der Waals surface area (Å²) in [4.78, 5) is 11.1. The molecule has 0 amide bonds. The highest BCUT2D eigenvalue weighted by atomic mass is 79.9. The Balaban J connectivity index is 2.42. The summed E-state index contributed by atoms with van der Waals surface area (Å²) in [5, 5.41) is 12.3. The monoisotopic (exact) mass is 343 g/mol. The van der Waals surface area contributed by atoms with Crippen LogP contribution in [0.4, 0.5) is 0 Å². The number of methoxy groups -OCH3 is 2. The van der Waals surface area contributed by atoms with Crippen LogP contribution in [-0.4, -0.2) is 31.8 Å². The Kier molecular flexibility index (Phi) is 4.55. The van der Waals surface area contributed by atoms with Gasteiger partial charge in [0, 0.05) is 28.2 Å². The standard InChI is InChI=1S/C14H18BrNO4/c1-7-10(15)5-9(13(20-3)12(7)19-2)11-4-8(6-16-11)14(17)18/h5,8,11,16H,4,6H2,1-3H3,(H,17,18). The van der Waals surface area contributed by atoms with Crippen molar-refractivity contribution in [1.29, 1.82) is 0 Å². The van der Waals surface area contributed by atoms with Crippen LogP contribution in [0.15, 0.2) is 10.5 Å². The number of carboxylic acid groups (broad SMARTS) is 1. The molecule has 2 unspecified atom stereocenters. The highest BCUT2D eigenvalue weighted by Gasteiger charge is 2.33.